The normalized spacial score (nSPS) is 26.2. The molecular weight excluding hydrogens is 386 g/mol. The number of urea groups is 1. The number of hydrogen-bond donors (Lipinski definition) is 0. The van der Waals surface area contributed by atoms with Gasteiger partial charge in [-0.05, 0) is 70.0 Å². The molecule has 31 heavy (non-hydrogen) atoms. The Labute approximate surface area is 186 Å². The number of hydrogen-bond acceptors (Lipinski definition) is 3. The van der Waals surface area contributed by atoms with Gasteiger partial charge in [0.25, 0.3) is 0 Å². The Bertz CT molecular complexity index is 887. The van der Waals surface area contributed by atoms with Gasteiger partial charge in [0.1, 0.15) is 5.75 Å². The molecule has 0 bridgehead atoms. The Balaban J connectivity index is 1.54. The monoisotopic (exact) mass is 421 g/mol. The Morgan fingerprint density at radius 2 is 1.61 bits per heavy atom. The highest BCUT2D eigenvalue weighted by molar-refractivity contribution is 5.78. The second-order valence-electron chi connectivity index (χ2n) is 9.25. The van der Waals surface area contributed by atoms with Crippen LogP contribution in [-0.2, 0) is 12.1 Å². The molecule has 0 N–H and O–H groups in total. The van der Waals surface area contributed by atoms with Crippen molar-refractivity contribution in [1.82, 2.24) is 14.7 Å². The summed E-state index contributed by atoms with van der Waals surface area (Å²) in [6.07, 6.45) is 4.17. The summed E-state index contributed by atoms with van der Waals surface area (Å²) in [6, 6.07) is 19.1. The van der Waals surface area contributed by atoms with E-state index in [1.54, 1.807) is 7.11 Å². The van der Waals surface area contributed by atoms with E-state index in [1.807, 2.05) is 17.0 Å². The summed E-state index contributed by atoms with van der Waals surface area (Å²) in [4.78, 5) is 19.9. The molecule has 2 amide bonds. The number of carbonyl (C=O) groups excluding carboxylic acids is 1. The summed E-state index contributed by atoms with van der Waals surface area (Å²) < 4.78 is 5.27. The van der Waals surface area contributed by atoms with Crippen LogP contribution in [-0.4, -0.2) is 60.6 Å². The van der Waals surface area contributed by atoms with E-state index < -0.39 is 0 Å². The molecule has 0 unspecified atom stereocenters. The third-order valence-electron chi connectivity index (χ3n) is 7.58. The van der Waals surface area contributed by atoms with Crippen molar-refractivity contribution in [3.05, 3.63) is 65.7 Å². The van der Waals surface area contributed by atoms with Crippen molar-refractivity contribution in [3.63, 3.8) is 0 Å². The fraction of sp³-hybridized carbons (Fsp3) is 0.500. The van der Waals surface area contributed by atoms with Crippen LogP contribution < -0.4 is 4.74 Å². The van der Waals surface area contributed by atoms with E-state index in [0.29, 0.717) is 6.54 Å². The number of amides is 2. The molecule has 1 heterocycles. The third-order valence-corrected chi connectivity index (χ3v) is 7.58. The van der Waals surface area contributed by atoms with Crippen molar-refractivity contribution in [2.45, 2.75) is 50.2 Å². The van der Waals surface area contributed by atoms with E-state index in [-0.39, 0.29) is 17.1 Å². The molecule has 5 nitrogen and oxygen atoms in total. The van der Waals surface area contributed by atoms with Crippen LogP contribution in [0.5, 0.6) is 5.75 Å². The summed E-state index contributed by atoms with van der Waals surface area (Å²) in [7, 11) is 6.06. The molecule has 1 aliphatic carbocycles. The lowest BCUT2D eigenvalue weighted by atomic mass is 9.68. The minimum Gasteiger partial charge on any atom is -0.497 e. The first kappa shape index (κ1) is 21.7. The highest BCUT2D eigenvalue weighted by Crippen LogP contribution is 2.48. The standard InChI is InChI=1S/C26H35N3O2/c1-5-29-24(30)28(19-21-11-13-23(31-4)14-12-21)20-25(29)15-17-26(18-16-25,27(2)3)22-9-7-6-8-10-22/h6-14H,5,15-20H2,1-4H3/t25-,26+. The summed E-state index contributed by atoms with van der Waals surface area (Å²) in [5.41, 5.74) is 2.51. The number of nitrogens with zero attached hydrogens (tertiary/aromatic N) is 3. The molecule has 0 aromatic heterocycles. The van der Waals surface area contributed by atoms with Gasteiger partial charge in [-0.3, -0.25) is 4.90 Å². The zero-order chi connectivity index (χ0) is 22.1. The van der Waals surface area contributed by atoms with Gasteiger partial charge in [0.05, 0.1) is 12.6 Å². The van der Waals surface area contributed by atoms with E-state index >= 15 is 0 Å². The number of likely N-dealkylation sites (N-methyl/N-ethyl adjacent to an activating group) is 1. The fourth-order valence-corrected chi connectivity index (χ4v) is 5.73. The maximum absolute atomic E-state index is 13.3. The molecule has 0 atom stereocenters. The van der Waals surface area contributed by atoms with Crippen LogP contribution in [0.2, 0.25) is 0 Å². The first-order chi connectivity index (χ1) is 14.9. The lowest BCUT2D eigenvalue weighted by Crippen LogP contribution is -2.55. The average Bonchev–Trinajstić information content (AvgIpc) is 3.05. The molecule has 5 heteroatoms. The predicted octanol–water partition coefficient (Wildman–Crippen LogP) is 4.72. The Morgan fingerprint density at radius 3 is 2.16 bits per heavy atom. The van der Waals surface area contributed by atoms with Crippen molar-refractivity contribution in [2.24, 2.45) is 0 Å². The quantitative estimate of drug-likeness (QED) is 0.677. The van der Waals surface area contributed by atoms with Crippen molar-refractivity contribution >= 4 is 6.03 Å². The van der Waals surface area contributed by atoms with E-state index in [1.165, 1.54) is 5.56 Å². The van der Waals surface area contributed by atoms with Gasteiger partial charge in [-0.2, -0.15) is 0 Å². The second-order valence-corrected chi connectivity index (χ2v) is 9.25. The SMILES string of the molecule is CCN1C(=O)N(Cc2ccc(OC)cc2)C[C@]12CC[C@](c1ccccc1)(N(C)C)CC2. The third kappa shape index (κ3) is 3.80. The van der Waals surface area contributed by atoms with Gasteiger partial charge >= 0.3 is 6.03 Å². The highest BCUT2D eigenvalue weighted by Gasteiger charge is 2.53. The van der Waals surface area contributed by atoms with Crippen LogP contribution in [0.4, 0.5) is 4.79 Å². The van der Waals surface area contributed by atoms with Crippen LogP contribution in [0.3, 0.4) is 0 Å². The van der Waals surface area contributed by atoms with Gasteiger partial charge in [0.15, 0.2) is 0 Å². The molecule has 2 fully saturated rings. The molecule has 4 rings (SSSR count). The fourth-order valence-electron chi connectivity index (χ4n) is 5.73. The molecule has 1 saturated heterocycles. The summed E-state index contributed by atoms with van der Waals surface area (Å²) in [6.45, 7) is 4.34. The topological polar surface area (TPSA) is 36.0 Å². The number of rotatable bonds is 6. The van der Waals surface area contributed by atoms with Gasteiger partial charge in [0, 0.05) is 25.2 Å². The van der Waals surface area contributed by atoms with E-state index in [2.05, 4.69) is 73.3 Å². The summed E-state index contributed by atoms with van der Waals surface area (Å²) in [5.74, 6) is 0.844. The number of ether oxygens (including phenoxy) is 1. The molecule has 2 aliphatic rings. The van der Waals surface area contributed by atoms with Gasteiger partial charge in [-0.15, -0.1) is 0 Å². The van der Waals surface area contributed by atoms with Crippen molar-refractivity contribution in [2.75, 3.05) is 34.3 Å². The zero-order valence-electron chi connectivity index (χ0n) is 19.3. The minimum absolute atomic E-state index is 0.0401. The molecule has 166 valence electrons. The molecule has 1 saturated carbocycles. The van der Waals surface area contributed by atoms with Crippen molar-refractivity contribution < 1.29 is 9.53 Å². The molecule has 0 radical (unpaired) electrons. The maximum Gasteiger partial charge on any atom is 0.320 e. The van der Waals surface area contributed by atoms with E-state index in [0.717, 1.165) is 50.1 Å². The second kappa shape index (κ2) is 8.54. The smallest absolute Gasteiger partial charge is 0.320 e. The van der Waals surface area contributed by atoms with Crippen molar-refractivity contribution in [1.29, 1.82) is 0 Å². The lowest BCUT2D eigenvalue weighted by molar-refractivity contribution is 0.0261. The van der Waals surface area contributed by atoms with E-state index in [4.69, 9.17) is 4.74 Å². The Morgan fingerprint density at radius 1 is 0.968 bits per heavy atom. The van der Waals surface area contributed by atoms with Gasteiger partial charge in [-0.25, -0.2) is 4.79 Å². The lowest BCUT2D eigenvalue weighted by Gasteiger charge is -2.51. The largest absolute Gasteiger partial charge is 0.497 e. The number of methoxy groups -OCH3 is 1. The molecule has 1 aliphatic heterocycles. The molecule has 1 spiro atoms. The number of carbonyl (C=O) groups is 1. The van der Waals surface area contributed by atoms with Crippen LogP contribution in [0.25, 0.3) is 0 Å². The summed E-state index contributed by atoms with van der Waals surface area (Å²) >= 11 is 0. The van der Waals surface area contributed by atoms with Gasteiger partial charge in [-0.1, -0.05) is 42.5 Å². The van der Waals surface area contributed by atoms with Crippen LogP contribution in [0.15, 0.2) is 54.6 Å². The summed E-state index contributed by atoms with van der Waals surface area (Å²) in [5, 5.41) is 0. The minimum atomic E-state index is -0.0629. The zero-order valence-corrected chi connectivity index (χ0v) is 19.3. The van der Waals surface area contributed by atoms with Gasteiger partial charge in [0.2, 0.25) is 0 Å². The molecular formula is C26H35N3O2. The first-order valence-corrected chi connectivity index (χ1v) is 11.4. The Hall–Kier alpha value is -2.53. The predicted molar refractivity (Wildman–Crippen MR) is 124 cm³/mol. The van der Waals surface area contributed by atoms with Crippen LogP contribution >= 0.6 is 0 Å². The maximum atomic E-state index is 13.3. The first-order valence-electron chi connectivity index (χ1n) is 11.4. The van der Waals surface area contributed by atoms with Crippen LogP contribution in [0, 0.1) is 0 Å². The Kier molecular flexibility index (Phi) is 5.98. The van der Waals surface area contributed by atoms with Gasteiger partial charge < -0.3 is 14.5 Å². The number of benzene rings is 2. The van der Waals surface area contributed by atoms with Crippen molar-refractivity contribution in [3.8, 4) is 5.75 Å². The van der Waals surface area contributed by atoms with E-state index in [9.17, 15) is 4.79 Å². The highest BCUT2D eigenvalue weighted by atomic mass is 16.5. The average molecular weight is 422 g/mol. The molecule has 2 aromatic rings. The van der Waals surface area contributed by atoms with Crippen LogP contribution in [0.1, 0.15) is 43.7 Å². The molecule has 2 aromatic carbocycles.